The molecule has 5 nitrogen and oxygen atoms in total. The fraction of sp³-hybridized carbons (Fsp3) is 0.385. The van der Waals surface area contributed by atoms with Gasteiger partial charge in [-0.3, -0.25) is 15.0 Å². The number of aromatic amines is 1. The predicted octanol–water partition coefficient (Wildman–Crippen LogP) is 2.67. The molecule has 0 amide bonds. The van der Waals surface area contributed by atoms with Crippen molar-refractivity contribution in [1.82, 2.24) is 9.88 Å². The molecule has 1 saturated heterocycles. The first-order chi connectivity index (χ1) is 8.74. The molecule has 1 N–H and O–H groups in total. The Balaban J connectivity index is 1.95. The molecule has 0 bridgehead atoms. The average Bonchev–Trinajstić information content (AvgIpc) is 2.99. The van der Waals surface area contributed by atoms with Crippen LogP contribution in [0.1, 0.15) is 18.4 Å². The van der Waals surface area contributed by atoms with Crippen LogP contribution in [-0.4, -0.2) is 27.9 Å². The summed E-state index contributed by atoms with van der Waals surface area (Å²) in [5.74, 6) is 0. The van der Waals surface area contributed by atoms with Crippen LogP contribution in [0.15, 0.2) is 24.4 Å². The number of nitro groups is 1. The van der Waals surface area contributed by atoms with E-state index in [-0.39, 0.29) is 10.6 Å². The van der Waals surface area contributed by atoms with Crippen molar-refractivity contribution >= 4 is 16.6 Å². The molecule has 2 heterocycles. The minimum atomic E-state index is -0.341. The maximum atomic E-state index is 10.8. The Hall–Kier alpha value is -1.88. The lowest BCUT2D eigenvalue weighted by atomic mass is 10.1. The summed E-state index contributed by atoms with van der Waals surface area (Å²) in [6.07, 6.45) is 4.47. The van der Waals surface area contributed by atoms with Crippen molar-refractivity contribution in [2.45, 2.75) is 19.4 Å². The number of H-pyrrole nitrogens is 1. The second kappa shape index (κ2) is 4.42. The summed E-state index contributed by atoms with van der Waals surface area (Å²) in [6.45, 7) is 3.13. The highest BCUT2D eigenvalue weighted by Gasteiger charge is 2.15. The first-order valence-electron chi connectivity index (χ1n) is 6.21. The molecule has 3 rings (SSSR count). The van der Waals surface area contributed by atoms with Crippen LogP contribution in [0.2, 0.25) is 0 Å². The van der Waals surface area contributed by atoms with E-state index in [1.807, 2.05) is 6.20 Å². The van der Waals surface area contributed by atoms with Crippen LogP contribution < -0.4 is 0 Å². The van der Waals surface area contributed by atoms with Crippen molar-refractivity contribution in [2.75, 3.05) is 13.1 Å². The molecule has 94 valence electrons. The fourth-order valence-electron chi connectivity index (χ4n) is 2.59. The molecule has 5 heteroatoms. The van der Waals surface area contributed by atoms with E-state index in [1.54, 1.807) is 18.2 Å². The molecule has 1 aromatic carbocycles. The number of non-ortho nitro benzene ring substituents is 1. The second-order valence-corrected chi connectivity index (χ2v) is 4.78. The third-order valence-corrected chi connectivity index (χ3v) is 3.55. The normalized spacial score (nSPS) is 16.4. The maximum absolute atomic E-state index is 10.8. The zero-order valence-corrected chi connectivity index (χ0v) is 10.1. The van der Waals surface area contributed by atoms with Crippen molar-refractivity contribution in [1.29, 1.82) is 0 Å². The van der Waals surface area contributed by atoms with Gasteiger partial charge in [-0.25, -0.2) is 0 Å². The first-order valence-corrected chi connectivity index (χ1v) is 6.21. The minimum Gasteiger partial charge on any atom is -0.361 e. The number of aromatic nitrogens is 1. The summed E-state index contributed by atoms with van der Waals surface area (Å²) in [7, 11) is 0. The van der Waals surface area contributed by atoms with Gasteiger partial charge in [0.15, 0.2) is 0 Å². The van der Waals surface area contributed by atoms with E-state index >= 15 is 0 Å². The lowest BCUT2D eigenvalue weighted by molar-refractivity contribution is -0.384. The van der Waals surface area contributed by atoms with Crippen molar-refractivity contribution in [2.24, 2.45) is 0 Å². The minimum absolute atomic E-state index is 0.157. The van der Waals surface area contributed by atoms with Gasteiger partial charge in [-0.05, 0) is 37.6 Å². The zero-order valence-electron chi connectivity index (χ0n) is 10.1. The second-order valence-electron chi connectivity index (χ2n) is 4.78. The molecule has 1 aliphatic heterocycles. The lowest BCUT2D eigenvalue weighted by Crippen LogP contribution is -2.18. The number of nitro benzene ring substituents is 1. The molecule has 0 radical (unpaired) electrons. The van der Waals surface area contributed by atoms with Gasteiger partial charge in [0, 0.05) is 35.8 Å². The summed E-state index contributed by atoms with van der Waals surface area (Å²) in [4.78, 5) is 16.0. The zero-order chi connectivity index (χ0) is 12.5. The Labute approximate surface area is 105 Å². The molecule has 1 fully saturated rings. The van der Waals surface area contributed by atoms with Crippen molar-refractivity contribution in [3.63, 3.8) is 0 Å². The highest BCUT2D eigenvalue weighted by atomic mass is 16.6. The van der Waals surface area contributed by atoms with Gasteiger partial charge in [0.1, 0.15) is 0 Å². The molecule has 1 aliphatic rings. The topological polar surface area (TPSA) is 62.2 Å². The SMILES string of the molecule is O=[N+]([O-])c1ccc2[nH]cc(CN3CCCC3)c2c1. The van der Waals surface area contributed by atoms with Crippen LogP contribution in [0.5, 0.6) is 0 Å². The molecule has 0 saturated carbocycles. The van der Waals surface area contributed by atoms with Crippen LogP contribution in [0.3, 0.4) is 0 Å². The van der Waals surface area contributed by atoms with Gasteiger partial charge < -0.3 is 4.98 Å². The molecular weight excluding hydrogens is 230 g/mol. The highest BCUT2D eigenvalue weighted by molar-refractivity contribution is 5.85. The summed E-state index contributed by atoms with van der Waals surface area (Å²) >= 11 is 0. The van der Waals surface area contributed by atoms with E-state index < -0.39 is 0 Å². The van der Waals surface area contributed by atoms with E-state index in [9.17, 15) is 10.1 Å². The molecule has 0 spiro atoms. The van der Waals surface area contributed by atoms with Gasteiger partial charge in [-0.1, -0.05) is 0 Å². The summed E-state index contributed by atoms with van der Waals surface area (Å²) in [6, 6.07) is 4.98. The van der Waals surface area contributed by atoms with E-state index in [0.717, 1.165) is 36.1 Å². The first kappa shape index (κ1) is 11.2. The number of nitrogens with one attached hydrogen (secondary N) is 1. The third kappa shape index (κ3) is 1.97. The molecular formula is C13H15N3O2. The predicted molar refractivity (Wildman–Crippen MR) is 69.5 cm³/mol. The lowest BCUT2D eigenvalue weighted by Gasteiger charge is -2.13. The van der Waals surface area contributed by atoms with Gasteiger partial charge in [0.2, 0.25) is 0 Å². The molecule has 0 unspecified atom stereocenters. The van der Waals surface area contributed by atoms with Crippen LogP contribution in [0, 0.1) is 10.1 Å². The van der Waals surface area contributed by atoms with Gasteiger partial charge in [0.25, 0.3) is 5.69 Å². The van der Waals surface area contributed by atoms with E-state index in [4.69, 9.17) is 0 Å². The van der Waals surface area contributed by atoms with Gasteiger partial charge in [-0.15, -0.1) is 0 Å². The van der Waals surface area contributed by atoms with Crippen LogP contribution >= 0.6 is 0 Å². The standard InChI is InChI=1S/C13H15N3O2/c17-16(18)11-3-4-13-12(7-11)10(8-14-13)9-15-5-1-2-6-15/h3-4,7-8,14H,1-2,5-6,9H2. The Morgan fingerprint density at radius 1 is 1.33 bits per heavy atom. The fourth-order valence-corrected chi connectivity index (χ4v) is 2.59. The van der Waals surface area contributed by atoms with E-state index in [2.05, 4.69) is 9.88 Å². The summed E-state index contributed by atoms with van der Waals surface area (Å²) in [5, 5.41) is 11.8. The van der Waals surface area contributed by atoms with E-state index in [1.165, 1.54) is 12.8 Å². The number of fused-ring (bicyclic) bond motifs is 1. The van der Waals surface area contributed by atoms with Crippen molar-refractivity contribution in [3.05, 3.63) is 40.1 Å². The average molecular weight is 245 g/mol. The number of hydrogen-bond donors (Lipinski definition) is 1. The Morgan fingerprint density at radius 2 is 2.11 bits per heavy atom. The smallest absolute Gasteiger partial charge is 0.270 e. The van der Waals surface area contributed by atoms with Crippen LogP contribution in [0.4, 0.5) is 5.69 Å². The number of hydrogen-bond acceptors (Lipinski definition) is 3. The summed E-state index contributed by atoms with van der Waals surface area (Å²) < 4.78 is 0. The molecule has 2 aromatic rings. The van der Waals surface area contributed by atoms with Crippen LogP contribution in [0.25, 0.3) is 10.9 Å². The van der Waals surface area contributed by atoms with E-state index in [0.29, 0.717) is 0 Å². The molecule has 1 aromatic heterocycles. The molecule has 0 aliphatic carbocycles. The van der Waals surface area contributed by atoms with Crippen molar-refractivity contribution < 1.29 is 4.92 Å². The maximum Gasteiger partial charge on any atom is 0.270 e. The number of nitrogens with zero attached hydrogens (tertiary/aromatic N) is 2. The van der Waals surface area contributed by atoms with Crippen LogP contribution in [-0.2, 0) is 6.54 Å². The monoisotopic (exact) mass is 245 g/mol. The third-order valence-electron chi connectivity index (χ3n) is 3.55. The Morgan fingerprint density at radius 3 is 2.83 bits per heavy atom. The highest BCUT2D eigenvalue weighted by Crippen LogP contribution is 2.25. The number of rotatable bonds is 3. The van der Waals surface area contributed by atoms with Gasteiger partial charge >= 0.3 is 0 Å². The molecule has 18 heavy (non-hydrogen) atoms. The van der Waals surface area contributed by atoms with Crippen molar-refractivity contribution in [3.8, 4) is 0 Å². The number of benzene rings is 1. The van der Waals surface area contributed by atoms with Gasteiger partial charge in [0.05, 0.1) is 4.92 Å². The Kier molecular flexibility index (Phi) is 2.76. The largest absolute Gasteiger partial charge is 0.361 e. The quantitative estimate of drug-likeness (QED) is 0.668. The summed E-state index contributed by atoms with van der Waals surface area (Å²) in [5.41, 5.74) is 2.27. The Bertz CT molecular complexity index is 585. The molecule has 0 atom stereocenters. The number of likely N-dealkylation sites (tertiary alicyclic amines) is 1. The van der Waals surface area contributed by atoms with Gasteiger partial charge in [-0.2, -0.15) is 0 Å².